The van der Waals surface area contributed by atoms with Gasteiger partial charge in [-0.05, 0) is 50.2 Å². The van der Waals surface area contributed by atoms with Crippen LogP contribution in [0.2, 0.25) is 0 Å². The molecule has 0 radical (unpaired) electrons. The monoisotopic (exact) mass is 384 g/mol. The number of carbonyl (C=O) groups is 1. The van der Waals surface area contributed by atoms with Gasteiger partial charge in [-0.15, -0.1) is 0 Å². The van der Waals surface area contributed by atoms with E-state index in [4.69, 9.17) is 4.74 Å². The van der Waals surface area contributed by atoms with Gasteiger partial charge in [0.05, 0.1) is 22.8 Å². The molecule has 0 aromatic heterocycles. The van der Waals surface area contributed by atoms with Gasteiger partial charge in [0.25, 0.3) is 5.69 Å². The zero-order chi connectivity index (χ0) is 20.5. The Kier molecular flexibility index (Phi) is 7.38. The number of nitro groups is 1. The van der Waals surface area contributed by atoms with E-state index in [2.05, 4.69) is 22.3 Å². The molecule has 2 aromatic rings. The van der Waals surface area contributed by atoms with Crippen LogP contribution in [-0.4, -0.2) is 30.6 Å². The van der Waals surface area contributed by atoms with E-state index in [1.54, 1.807) is 19.1 Å². The molecular weight excluding hydrogens is 360 g/mol. The third kappa shape index (κ3) is 6.01. The Bertz CT molecular complexity index is 819. The fourth-order valence-electron chi connectivity index (χ4n) is 2.41. The first-order valence-electron chi connectivity index (χ1n) is 8.85. The lowest BCUT2D eigenvalue weighted by Gasteiger charge is -2.23. The van der Waals surface area contributed by atoms with E-state index < -0.39 is 4.92 Å². The Morgan fingerprint density at radius 2 is 1.64 bits per heavy atom. The normalized spacial score (nSPS) is 10.1. The lowest BCUT2D eigenvalue weighted by Crippen LogP contribution is -2.28. The molecule has 28 heavy (non-hydrogen) atoms. The summed E-state index contributed by atoms with van der Waals surface area (Å²) in [7, 11) is 0. The molecular formula is C20H24N4O4. The van der Waals surface area contributed by atoms with E-state index in [0.717, 1.165) is 17.9 Å². The van der Waals surface area contributed by atoms with Crippen LogP contribution in [-0.2, 0) is 9.53 Å². The molecule has 0 aliphatic carbocycles. The average Bonchev–Trinajstić information content (AvgIpc) is 2.70. The van der Waals surface area contributed by atoms with E-state index >= 15 is 0 Å². The number of esters is 1. The van der Waals surface area contributed by atoms with Crippen molar-refractivity contribution < 1.29 is 14.5 Å². The highest BCUT2D eigenvalue weighted by Gasteiger charge is 2.08. The lowest BCUT2D eigenvalue weighted by atomic mass is 10.2. The number of likely N-dealkylation sites (N-methyl/N-ethyl adjacent to an activating group) is 1. The highest BCUT2D eigenvalue weighted by atomic mass is 16.6. The number of benzene rings is 2. The molecule has 8 heteroatoms. The van der Waals surface area contributed by atoms with Crippen molar-refractivity contribution in [3.63, 3.8) is 0 Å². The largest absolute Gasteiger partial charge is 0.460 e. The number of nitrogens with zero attached hydrogens (tertiary/aromatic N) is 2. The molecule has 0 fully saturated rings. The van der Waals surface area contributed by atoms with E-state index in [0.29, 0.717) is 24.4 Å². The number of non-ortho nitro benzene ring substituents is 1. The molecule has 2 aromatic carbocycles. The first-order valence-corrected chi connectivity index (χ1v) is 8.85. The molecule has 0 atom stereocenters. The van der Waals surface area contributed by atoms with Crippen LogP contribution in [0.4, 0.5) is 22.7 Å². The molecule has 0 bridgehead atoms. The molecule has 0 amide bonds. The Morgan fingerprint density at radius 3 is 2.11 bits per heavy atom. The van der Waals surface area contributed by atoms with Crippen molar-refractivity contribution in [3.8, 4) is 0 Å². The van der Waals surface area contributed by atoms with E-state index in [1.807, 2.05) is 31.2 Å². The zero-order valence-electron chi connectivity index (χ0n) is 16.0. The Hall–Kier alpha value is -3.55. The van der Waals surface area contributed by atoms with Crippen molar-refractivity contribution in [2.24, 2.45) is 0 Å². The number of nitro benzene ring substituents is 1. The second-order valence-electron chi connectivity index (χ2n) is 6.10. The molecule has 2 N–H and O–H groups in total. The summed E-state index contributed by atoms with van der Waals surface area (Å²) in [6.07, 6.45) is 0. The van der Waals surface area contributed by atoms with Crippen molar-refractivity contribution in [2.45, 2.75) is 13.8 Å². The average molecular weight is 384 g/mol. The summed E-state index contributed by atoms with van der Waals surface area (Å²) >= 11 is 0. The van der Waals surface area contributed by atoms with Crippen molar-refractivity contribution in [2.75, 3.05) is 35.4 Å². The fourth-order valence-corrected chi connectivity index (χ4v) is 2.41. The first kappa shape index (κ1) is 20.8. The van der Waals surface area contributed by atoms with Gasteiger partial charge >= 0.3 is 5.97 Å². The highest BCUT2D eigenvalue weighted by molar-refractivity contribution is 5.86. The number of rotatable bonds is 10. The maximum absolute atomic E-state index is 11.4. The topological polar surface area (TPSA) is 96.7 Å². The fraction of sp³-hybridized carbons (Fsp3) is 0.250. The van der Waals surface area contributed by atoms with Gasteiger partial charge in [-0.2, -0.15) is 0 Å². The van der Waals surface area contributed by atoms with Crippen LogP contribution in [0.15, 0.2) is 60.7 Å². The number of carbonyl (C=O) groups excluding carboxylic acids is 1. The molecule has 0 saturated heterocycles. The van der Waals surface area contributed by atoms with E-state index in [-0.39, 0.29) is 11.7 Å². The predicted octanol–water partition coefficient (Wildman–Crippen LogP) is 3.98. The lowest BCUT2D eigenvalue weighted by molar-refractivity contribution is -0.384. The van der Waals surface area contributed by atoms with Crippen molar-refractivity contribution in [3.05, 3.63) is 70.8 Å². The minimum absolute atomic E-state index is 0.0449. The van der Waals surface area contributed by atoms with Gasteiger partial charge in [0.1, 0.15) is 6.61 Å². The summed E-state index contributed by atoms with van der Waals surface area (Å²) in [5, 5.41) is 10.7. The van der Waals surface area contributed by atoms with Crippen LogP contribution < -0.4 is 15.8 Å². The molecule has 0 unspecified atom stereocenters. The highest BCUT2D eigenvalue weighted by Crippen LogP contribution is 2.19. The third-order valence-electron chi connectivity index (χ3n) is 3.99. The summed E-state index contributed by atoms with van der Waals surface area (Å²) in [4.78, 5) is 23.8. The van der Waals surface area contributed by atoms with Gasteiger partial charge in [-0.1, -0.05) is 6.58 Å². The number of anilines is 3. The summed E-state index contributed by atoms with van der Waals surface area (Å²) in [6.45, 7) is 8.87. The summed E-state index contributed by atoms with van der Waals surface area (Å²) < 4.78 is 5.15. The van der Waals surface area contributed by atoms with Crippen molar-refractivity contribution in [1.82, 2.24) is 0 Å². The van der Waals surface area contributed by atoms with Crippen molar-refractivity contribution >= 4 is 28.7 Å². The predicted molar refractivity (Wildman–Crippen MR) is 110 cm³/mol. The van der Waals surface area contributed by atoms with Crippen LogP contribution in [0.1, 0.15) is 13.8 Å². The molecule has 148 valence electrons. The minimum atomic E-state index is -0.436. The van der Waals surface area contributed by atoms with Gasteiger partial charge in [0.15, 0.2) is 0 Å². The van der Waals surface area contributed by atoms with Crippen molar-refractivity contribution in [1.29, 1.82) is 0 Å². The SMILES string of the molecule is C=C(C)C(=O)OCCN(CC)c1ccc(NNc2ccc([N+](=O)[O-])cc2)cc1. The van der Waals surface area contributed by atoms with Crippen LogP contribution >= 0.6 is 0 Å². The Morgan fingerprint density at radius 1 is 1.11 bits per heavy atom. The van der Waals surface area contributed by atoms with Crippen LogP contribution in [0.5, 0.6) is 0 Å². The number of ether oxygens (including phenoxy) is 1. The second kappa shape index (κ2) is 9.96. The molecule has 0 heterocycles. The number of hydrogen-bond acceptors (Lipinski definition) is 7. The molecule has 0 aliphatic heterocycles. The van der Waals surface area contributed by atoms with Gasteiger partial charge in [0.2, 0.25) is 0 Å². The standard InChI is InChI=1S/C20H24N4O4/c1-4-23(13-14-28-20(25)15(2)3)18-9-5-16(6-10-18)21-22-17-7-11-19(12-8-17)24(26)27/h5-12,21-22H,2,4,13-14H2,1,3H3. The van der Waals surface area contributed by atoms with Gasteiger partial charge < -0.3 is 20.5 Å². The van der Waals surface area contributed by atoms with Crippen LogP contribution in [0.25, 0.3) is 0 Å². The number of hydrazine groups is 1. The first-order chi connectivity index (χ1) is 13.4. The van der Waals surface area contributed by atoms with Crippen LogP contribution in [0, 0.1) is 10.1 Å². The zero-order valence-corrected chi connectivity index (χ0v) is 16.0. The Balaban J connectivity index is 1.87. The molecule has 8 nitrogen and oxygen atoms in total. The van der Waals surface area contributed by atoms with E-state index in [1.165, 1.54) is 12.1 Å². The van der Waals surface area contributed by atoms with Gasteiger partial charge in [-0.3, -0.25) is 10.1 Å². The summed E-state index contributed by atoms with van der Waals surface area (Å²) in [6, 6.07) is 13.9. The molecule has 2 rings (SSSR count). The maximum Gasteiger partial charge on any atom is 0.333 e. The van der Waals surface area contributed by atoms with E-state index in [9.17, 15) is 14.9 Å². The smallest absolute Gasteiger partial charge is 0.333 e. The minimum Gasteiger partial charge on any atom is -0.460 e. The summed E-state index contributed by atoms with van der Waals surface area (Å²) in [5.74, 6) is -0.382. The van der Waals surface area contributed by atoms with Gasteiger partial charge in [-0.25, -0.2) is 4.79 Å². The quantitative estimate of drug-likeness (QED) is 0.277. The molecule has 0 aliphatic rings. The summed E-state index contributed by atoms with van der Waals surface area (Å²) in [5.41, 5.74) is 9.04. The maximum atomic E-state index is 11.4. The number of hydrogen-bond donors (Lipinski definition) is 2. The van der Waals surface area contributed by atoms with Crippen LogP contribution in [0.3, 0.4) is 0 Å². The second-order valence-corrected chi connectivity index (χ2v) is 6.10. The molecule has 0 spiro atoms. The Labute approximate surface area is 163 Å². The van der Waals surface area contributed by atoms with Gasteiger partial charge in [0, 0.05) is 29.9 Å². The number of nitrogens with one attached hydrogen (secondary N) is 2. The molecule has 0 saturated carbocycles. The third-order valence-corrected chi connectivity index (χ3v) is 3.99.